The molecule has 0 spiro atoms. The van der Waals surface area contributed by atoms with Crippen LogP contribution in [0.1, 0.15) is 12.8 Å². The third kappa shape index (κ3) is 9.33. The van der Waals surface area contributed by atoms with Crippen LogP contribution >= 0.6 is 0 Å². The van der Waals surface area contributed by atoms with Gasteiger partial charge in [0.05, 0.1) is 6.42 Å². The van der Waals surface area contributed by atoms with Gasteiger partial charge in [-0.15, -0.1) is 0 Å². The Bertz CT molecular complexity index is 239. The van der Waals surface area contributed by atoms with Crippen molar-refractivity contribution in [3.63, 3.8) is 0 Å². The number of carboxylic acids is 3. The quantitative estimate of drug-likeness (QED) is 0.411. The molecule has 0 rings (SSSR count). The first-order chi connectivity index (χ1) is 5.78. The van der Waals surface area contributed by atoms with Crippen molar-refractivity contribution in [2.45, 2.75) is 18.4 Å². The molecule has 16 heavy (non-hydrogen) atoms. The van der Waals surface area contributed by atoms with E-state index in [2.05, 4.69) is 0 Å². The first kappa shape index (κ1) is 25.1. The minimum Gasteiger partial charge on any atom is -2.00 e. The minimum absolute atomic E-state index is 0. The molecule has 10 heteroatoms. The number of rotatable bonds is 5. The standard InChI is InChI=1S/C6H8O7.Mg.Na.O/c7-3(8)1-6(13,5(11)12)2-4(9)10;;;/h13H,1-2H2,(H,7,8)(H,9,10)(H,11,12);;;/q;+2;+1;-2/p-1. The van der Waals surface area contributed by atoms with Gasteiger partial charge in [0.1, 0.15) is 0 Å². The number of carbonyl (C=O) groups excluding carboxylic acids is 1. The van der Waals surface area contributed by atoms with Crippen LogP contribution in [-0.2, 0) is 19.9 Å². The average molecular weight is 254 g/mol. The molecule has 0 aromatic rings. The van der Waals surface area contributed by atoms with E-state index in [1.54, 1.807) is 0 Å². The molecule has 0 saturated carbocycles. The zero-order valence-electron chi connectivity index (χ0n) is 8.50. The van der Waals surface area contributed by atoms with Gasteiger partial charge < -0.3 is 30.7 Å². The van der Waals surface area contributed by atoms with Crippen LogP contribution in [0.4, 0.5) is 0 Å². The number of aliphatic hydroxyl groups is 1. The summed E-state index contributed by atoms with van der Waals surface area (Å²) >= 11 is 0. The second kappa shape index (κ2) is 10.3. The van der Waals surface area contributed by atoms with Gasteiger partial charge >= 0.3 is 64.5 Å². The summed E-state index contributed by atoms with van der Waals surface area (Å²) < 4.78 is 0. The summed E-state index contributed by atoms with van der Waals surface area (Å²) in [6.45, 7) is 0. The molecule has 82 valence electrons. The zero-order chi connectivity index (χ0) is 10.6. The van der Waals surface area contributed by atoms with Crippen molar-refractivity contribution in [2.24, 2.45) is 0 Å². The number of hydrogen-bond acceptors (Lipinski definition) is 5. The van der Waals surface area contributed by atoms with E-state index in [4.69, 9.17) is 15.3 Å². The largest absolute Gasteiger partial charge is 2.00 e. The molecule has 0 aromatic carbocycles. The molecule has 0 aliphatic carbocycles. The predicted molar refractivity (Wildman–Crippen MR) is 40.9 cm³/mol. The van der Waals surface area contributed by atoms with Crippen molar-refractivity contribution in [1.29, 1.82) is 0 Å². The third-order valence-corrected chi connectivity index (χ3v) is 1.28. The van der Waals surface area contributed by atoms with Crippen LogP contribution < -0.4 is 34.7 Å². The van der Waals surface area contributed by atoms with Gasteiger partial charge in [0, 0.05) is 12.4 Å². The van der Waals surface area contributed by atoms with Crippen LogP contribution in [0.2, 0.25) is 0 Å². The molecule has 0 aliphatic heterocycles. The molecule has 0 heterocycles. The van der Waals surface area contributed by atoms with Gasteiger partial charge in [-0.3, -0.25) is 4.79 Å². The van der Waals surface area contributed by atoms with Gasteiger partial charge in [0.25, 0.3) is 0 Å². The topological polar surface area (TPSA) is 163 Å². The van der Waals surface area contributed by atoms with E-state index < -0.39 is 36.4 Å². The molecule has 3 N–H and O–H groups in total. The van der Waals surface area contributed by atoms with Gasteiger partial charge in [-0.25, -0.2) is 4.79 Å². The maximum atomic E-state index is 10.3. The summed E-state index contributed by atoms with van der Waals surface area (Å²) in [6, 6.07) is 0. The van der Waals surface area contributed by atoms with Crippen LogP contribution in [0.15, 0.2) is 0 Å². The Balaban J connectivity index is -0.000000240. The van der Waals surface area contributed by atoms with Crippen molar-refractivity contribution < 1.29 is 69.8 Å². The van der Waals surface area contributed by atoms with Gasteiger partial charge in [-0.2, -0.15) is 0 Å². The van der Waals surface area contributed by atoms with Crippen LogP contribution in [0.25, 0.3) is 0 Å². The summed E-state index contributed by atoms with van der Waals surface area (Å²) in [5.41, 5.74) is -2.80. The van der Waals surface area contributed by atoms with Crippen LogP contribution in [-0.4, -0.2) is 61.9 Å². The minimum atomic E-state index is -2.80. The van der Waals surface area contributed by atoms with Crippen molar-refractivity contribution in [3.05, 3.63) is 0 Å². The number of aliphatic carboxylic acids is 3. The average Bonchev–Trinajstić information content (AvgIpc) is 1.82. The Morgan fingerprint density at radius 1 is 1.12 bits per heavy atom. The number of hydrogen-bond donors (Lipinski definition) is 3. The maximum absolute atomic E-state index is 10.3. The van der Waals surface area contributed by atoms with Crippen molar-refractivity contribution in [1.82, 2.24) is 0 Å². The van der Waals surface area contributed by atoms with E-state index in [-0.39, 0.29) is 58.1 Å². The Hall–Kier alpha value is 0.0962. The summed E-state index contributed by atoms with van der Waals surface area (Å²) in [5, 5.41) is 35.5. The fourth-order valence-electron chi connectivity index (χ4n) is 0.703. The Labute approximate surface area is 128 Å². The van der Waals surface area contributed by atoms with E-state index in [0.29, 0.717) is 0 Å². The molecular formula is C6H7MgNaO8. The van der Waals surface area contributed by atoms with Gasteiger partial charge in [0.2, 0.25) is 0 Å². The molecule has 0 saturated heterocycles. The molecule has 0 aromatic heterocycles. The van der Waals surface area contributed by atoms with Gasteiger partial charge in [-0.1, -0.05) is 0 Å². The molecule has 0 bridgehead atoms. The molecule has 0 amide bonds. The zero-order valence-corrected chi connectivity index (χ0v) is 11.9. The van der Waals surface area contributed by atoms with Crippen molar-refractivity contribution in [2.75, 3.05) is 0 Å². The maximum Gasteiger partial charge on any atom is 2.00 e. The molecular weight excluding hydrogens is 247 g/mol. The molecule has 0 radical (unpaired) electrons. The predicted octanol–water partition coefficient (Wildman–Crippen LogP) is -6.08. The summed E-state index contributed by atoms with van der Waals surface area (Å²) in [7, 11) is 0. The molecule has 0 fully saturated rings. The third-order valence-electron chi connectivity index (χ3n) is 1.28. The monoisotopic (exact) mass is 254 g/mol. The SMILES string of the molecule is O=C([O-])CC(O)(CC(=O)O)C(=O)O.[Mg+2].[Na+].[O-2]. The normalized spacial score (nSPS) is 11.8. The Morgan fingerprint density at radius 3 is 1.69 bits per heavy atom. The van der Waals surface area contributed by atoms with E-state index in [1.807, 2.05) is 0 Å². The Morgan fingerprint density at radius 2 is 1.50 bits per heavy atom. The molecule has 0 aliphatic rings. The first-order valence-corrected chi connectivity index (χ1v) is 3.15. The molecule has 8 nitrogen and oxygen atoms in total. The fraction of sp³-hybridized carbons (Fsp3) is 0.500. The van der Waals surface area contributed by atoms with Gasteiger partial charge in [0.15, 0.2) is 5.60 Å². The van der Waals surface area contributed by atoms with Crippen LogP contribution in [0.5, 0.6) is 0 Å². The number of carboxylic acid groups (broad SMARTS) is 3. The molecule has 1 unspecified atom stereocenters. The van der Waals surface area contributed by atoms with Crippen LogP contribution in [0, 0.1) is 0 Å². The van der Waals surface area contributed by atoms with Crippen molar-refractivity contribution in [3.8, 4) is 0 Å². The van der Waals surface area contributed by atoms with E-state index in [1.165, 1.54) is 0 Å². The van der Waals surface area contributed by atoms with Gasteiger partial charge in [-0.05, 0) is 0 Å². The fourth-order valence-corrected chi connectivity index (χ4v) is 0.703. The second-order valence-electron chi connectivity index (χ2n) is 2.46. The second-order valence-corrected chi connectivity index (χ2v) is 2.46. The van der Waals surface area contributed by atoms with Crippen molar-refractivity contribution >= 4 is 41.0 Å². The first-order valence-electron chi connectivity index (χ1n) is 3.15. The summed E-state index contributed by atoms with van der Waals surface area (Å²) in [6.07, 6.45) is -2.44. The molecule has 1 atom stereocenters. The number of carbonyl (C=O) groups is 3. The van der Waals surface area contributed by atoms with E-state index in [9.17, 15) is 19.5 Å². The summed E-state index contributed by atoms with van der Waals surface area (Å²) in [4.78, 5) is 30.3. The smallest absolute Gasteiger partial charge is 2.00 e. The van der Waals surface area contributed by atoms with E-state index in [0.717, 1.165) is 0 Å². The summed E-state index contributed by atoms with van der Waals surface area (Å²) in [5.74, 6) is -5.34. The Kier molecular flexibility index (Phi) is 16.1. The van der Waals surface area contributed by atoms with Crippen LogP contribution in [0.3, 0.4) is 0 Å². The van der Waals surface area contributed by atoms with E-state index >= 15 is 0 Å².